The number of piperidine rings is 1. The van der Waals surface area contributed by atoms with Crippen molar-refractivity contribution in [1.29, 1.82) is 0 Å². The van der Waals surface area contributed by atoms with Gasteiger partial charge in [-0.15, -0.1) is 0 Å². The van der Waals surface area contributed by atoms with Gasteiger partial charge in [0, 0.05) is 18.7 Å². The third kappa shape index (κ3) is 4.51. The molecule has 1 amide bonds. The van der Waals surface area contributed by atoms with Gasteiger partial charge in [-0.25, -0.2) is 8.42 Å². The molecule has 0 aromatic heterocycles. The fraction of sp³-hybridized carbons (Fsp3) is 0.350. The molecule has 2 aromatic carbocycles. The highest BCUT2D eigenvalue weighted by molar-refractivity contribution is 7.89. The lowest BCUT2D eigenvalue weighted by Crippen LogP contribution is -2.36. The Kier molecular flexibility index (Phi) is 6.19. The molecule has 1 saturated heterocycles. The molecule has 0 unspecified atom stereocenters. The predicted octanol–water partition coefficient (Wildman–Crippen LogP) is 4.01. The van der Waals surface area contributed by atoms with E-state index in [9.17, 15) is 13.2 Å². The molecule has 1 aliphatic rings. The van der Waals surface area contributed by atoms with Crippen LogP contribution >= 0.6 is 11.6 Å². The zero-order chi connectivity index (χ0) is 19.4. The van der Waals surface area contributed by atoms with Crippen LogP contribution in [0.4, 0.5) is 0 Å². The van der Waals surface area contributed by atoms with Crippen molar-refractivity contribution in [3.63, 3.8) is 0 Å². The maximum Gasteiger partial charge on any atom is 0.251 e. The molecule has 3 rings (SSSR count). The Labute approximate surface area is 165 Å². The minimum absolute atomic E-state index is 0.00826. The summed E-state index contributed by atoms with van der Waals surface area (Å²) in [6.45, 7) is 2.86. The van der Waals surface area contributed by atoms with Crippen LogP contribution in [0, 0.1) is 0 Å². The van der Waals surface area contributed by atoms with E-state index in [0.29, 0.717) is 13.1 Å². The second-order valence-corrected chi connectivity index (χ2v) is 9.03. The van der Waals surface area contributed by atoms with Crippen molar-refractivity contribution in [3.05, 3.63) is 64.7 Å². The monoisotopic (exact) mass is 406 g/mol. The fourth-order valence-corrected chi connectivity index (χ4v) is 5.21. The van der Waals surface area contributed by atoms with E-state index in [1.165, 1.54) is 16.4 Å². The molecule has 0 radical (unpaired) electrons. The summed E-state index contributed by atoms with van der Waals surface area (Å²) in [7, 11) is -3.71. The predicted molar refractivity (Wildman–Crippen MR) is 106 cm³/mol. The second-order valence-electron chi connectivity index (χ2n) is 6.72. The maximum absolute atomic E-state index is 12.9. The van der Waals surface area contributed by atoms with Crippen LogP contribution in [-0.4, -0.2) is 31.7 Å². The average Bonchev–Trinajstić information content (AvgIpc) is 2.69. The SMILES string of the molecule is C[C@H](NC(=O)c1ccc(Cl)c(S(=O)(=O)N2CCCCC2)c1)c1ccccc1. The summed E-state index contributed by atoms with van der Waals surface area (Å²) in [6, 6.07) is 13.8. The van der Waals surface area contributed by atoms with Crippen molar-refractivity contribution in [2.45, 2.75) is 37.1 Å². The lowest BCUT2D eigenvalue weighted by atomic mass is 10.1. The molecular formula is C20H23ClN2O3S. The Balaban J connectivity index is 1.83. The van der Waals surface area contributed by atoms with Crippen molar-refractivity contribution < 1.29 is 13.2 Å². The first-order chi connectivity index (χ1) is 12.9. The molecule has 5 nitrogen and oxygen atoms in total. The van der Waals surface area contributed by atoms with Crippen molar-refractivity contribution in [1.82, 2.24) is 9.62 Å². The Morgan fingerprint density at radius 3 is 2.41 bits per heavy atom. The molecule has 0 saturated carbocycles. The number of nitrogens with one attached hydrogen (secondary N) is 1. The second kappa shape index (κ2) is 8.42. The van der Waals surface area contributed by atoms with Crippen LogP contribution in [0.15, 0.2) is 53.4 Å². The van der Waals surface area contributed by atoms with E-state index in [-0.39, 0.29) is 27.4 Å². The highest BCUT2D eigenvalue weighted by Crippen LogP contribution is 2.28. The molecule has 27 heavy (non-hydrogen) atoms. The Morgan fingerprint density at radius 1 is 1.07 bits per heavy atom. The zero-order valence-electron chi connectivity index (χ0n) is 15.2. The van der Waals surface area contributed by atoms with Crippen LogP contribution in [0.3, 0.4) is 0 Å². The third-order valence-electron chi connectivity index (χ3n) is 4.77. The number of carbonyl (C=O) groups excluding carboxylic acids is 1. The van der Waals surface area contributed by atoms with Gasteiger partial charge in [0.1, 0.15) is 4.90 Å². The number of amides is 1. The molecule has 7 heteroatoms. The lowest BCUT2D eigenvalue weighted by Gasteiger charge is -2.26. The number of hydrogen-bond acceptors (Lipinski definition) is 3. The van der Waals surface area contributed by atoms with Gasteiger partial charge in [0.15, 0.2) is 0 Å². The molecule has 0 spiro atoms. The largest absolute Gasteiger partial charge is 0.346 e. The Hall–Kier alpha value is -1.89. The first-order valence-corrected chi connectivity index (χ1v) is 10.9. The van der Waals surface area contributed by atoms with Crippen LogP contribution in [0.1, 0.15) is 48.1 Å². The summed E-state index contributed by atoms with van der Waals surface area (Å²) in [5, 5.41) is 3.03. The molecule has 1 N–H and O–H groups in total. The van der Waals surface area contributed by atoms with E-state index in [0.717, 1.165) is 24.8 Å². The van der Waals surface area contributed by atoms with Gasteiger partial charge < -0.3 is 5.32 Å². The summed E-state index contributed by atoms with van der Waals surface area (Å²) in [4.78, 5) is 12.6. The summed E-state index contributed by atoms with van der Waals surface area (Å²) in [5.41, 5.74) is 1.25. The van der Waals surface area contributed by atoms with Gasteiger partial charge in [-0.2, -0.15) is 4.31 Å². The molecule has 0 aliphatic carbocycles. The number of benzene rings is 2. The van der Waals surface area contributed by atoms with Crippen molar-refractivity contribution in [3.8, 4) is 0 Å². The smallest absolute Gasteiger partial charge is 0.251 e. The van der Waals surface area contributed by atoms with E-state index < -0.39 is 10.0 Å². The zero-order valence-corrected chi connectivity index (χ0v) is 16.8. The number of sulfonamides is 1. The first kappa shape index (κ1) is 19.9. The highest BCUT2D eigenvalue weighted by Gasteiger charge is 2.28. The minimum atomic E-state index is -3.71. The van der Waals surface area contributed by atoms with E-state index in [4.69, 9.17) is 11.6 Å². The summed E-state index contributed by atoms with van der Waals surface area (Å²) >= 11 is 6.17. The third-order valence-corrected chi connectivity index (χ3v) is 7.15. The van der Waals surface area contributed by atoms with Gasteiger partial charge in [-0.1, -0.05) is 48.4 Å². The van der Waals surface area contributed by atoms with Crippen molar-refractivity contribution >= 4 is 27.5 Å². The van der Waals surface area contributed by atoms with Gasteiger partial charge in [0.2, 0.25) is 10.0 Å². The van der Waals surface area contributed by atoms with E-state index >= 15 is 0 Å². The minimum Gasteiger partial charge on any atom is -0.346 e. The average molecular weight is 407 g/mol. The molecular weight excluding hydrogens is 384 g/mol. The van der Waals surface area contributed by atoms with Crippen molar-refractivity contribution in [2.75, 3.05) is 13.1 Å². The maximum atomic E-state index is 12.9. The molecule has 144 valence electrons. The summed E-state index contributed by atoms with van der Waals surface area (Å²) in [5.74, 6) is -0.335. The molecule has 1 fully saturated rings. The highest BCUT2D eigenvalue weighted by atomic mass is 35.5. The van der Waals surface area contributed by atoms with Gasteiger partial charge in [0.25, 0.3) is 5.91 Å². The normalized spacial score (nSPS) is 16.7. The number of hydrogen-bond donors (Lipinski definition) is 1. The van der Waals surface area contributed by atoms with E-state index in [1.807, 2.05) is 37.3 Å². The number of carbonyl (C=O) groups is 1. The van der Waals surface area contributed by atoms with E-state index in [2.05, 4.69) is 5.32 Å². The molecule has 0 bridgehead atoms. The van der Waals surface area contributed by atoms with Crippen LogP contribution in [-0.2, 0) is 10.0 Å². The number of nitrogens with zero attached hydrogens (tertiary/aromatic N) is 1. The van der Waals surface area contributed by atoms with Gasteiger partial charge in [0.05, 0.1) is 11.1 Å². The summed E-state index contributed by atoms with van der Waals surface area (Å²) < 4.78 is 27.3. The topological polar surface area (TPSA) is 66.5 Å². The standard InChI is InChI=1S/C20H23ClN2O3S/c1-15(16-8-4-2-5-9-16)22-20(24)17-10-11-18(21)19(14-17)27(25,26)23-12-6-3-7-13-23/h2,4-5,8-11,14-15H,3,6-7,12-13H2,1H3,(H,22,24)/t15-/m0/s1. The van der Waals surface area contributed by atoms with E-state index in [1.54, 1.807) is 6.07 Å². The quantitative estimate of drug-likeness (QED) is 0.815. The fourth-order valence-electron chi connectivity index (χ4n) is 3.19. The molecule has 1 heterocycles. The van der Waals surface area contributed by atoms with Crippen LogP contribution in [0.5, 0.6) is 0 Å². The lowest BCUT2D eigenvalue weighted by molar-refractivity contribution is 0.0939. The Bertz CT molecular complexity index is 910. The van der Waals surface area contributed by atoms with Gasteiger partial charge >= 0.3 is 0 Å². The molecule has 1 aliphatic heterocycles. The van der Waals surface area contributed by atoms with Gasteiger partial charge in [-0.3, -0.25) is 4.79 Å². The summed E-state index contributed by atoms with van der Waals surface area (Å²) in [6.07, 6.45) is 2.71. The number of rotatable bonds is 5. The molecule has 1 atom stereocenters. The van der Waals surface area contributed by atoms with Crippen LogP contribution in [0.2, 0.25) is 5.02 Å². The number of halogens is 1. The Morgan fingerprint density at radius 2 is 1.74 bits per heavy atom. The van der Waals surface area contributed by atoms with Crippen molar-refractivity contribution in [2.24, 2.45) is 0 Å². The van der Waals surface area contributed by atoms with Gasteiger partial charge in [-0.05, 0) is 43.5 Å². The first-order valence-electron chi connectivity index (χ1n) is 9.05. The van der Waals surface area contributed by atoms with Crippen LogP contribution in [0.25, 0.3) is 0 Å². The molecule has 2 aromatic rings. The van der Waals surface area contributed by atoms with Crippen LogP contribution < -0.4 is 5.32 Å².